The van der Waals surface area contributed by atoms with E-state index < -0.39 is 32.2 Å². The Kier molecular flexibility index (Phi) is 6.47. The van der Waals surface area contributed by atoms with E-state index in [4.69, 9.17) is 9.53 Å². The van der Waals surface area contributed by atoms with E-state index in [0.717, 1.165) is 0 Å². The summed E-state index contributed by atoms with van der Waals surface area (Å²) in [6.45, 7) is 10.5. The van der Waals surface area contributed by atoms with E-state index in [1.54, 1.807) is 0 Å². The van der Waals surface area contributed by atoms with Gasteiger partial charge in [0.1, 0.15) is 6.04 Å². The van der Waals surface area contributed by atoms with Crippen molar-refractivity contribution >= 4 is 26.2 Å². The van der Waals surface area contributed by atoms with Crippen LogP contribution in [-0.4, -0.2) is 37.3 Å². The fraction of sp³-hybridized carbons (Fsp3) is 0.583. The molecule has 108 valence electrons. The molecule has 0 saturated heterocycles. The summed E-state index contributed by atoms with van der Waals surface area (Å²) in [6, 6.07) is -0.952. The second-order valence-corrected chi connectivity index (χ2v) is 9.70. The van der Waals surface area contributed by atoms with Gasteiger partial charge in [0.15, 0.2) is 0 Å². The fourth-order valence-corrected chi connectivity index (χ4v) is 1.92. The van der Waals surface area contributed by atoms with Gasteiger partial charge in [-0.3, -0.25) is 14.4 Å². The number of nitrogens with one attached hydrogen (secondary N) is 1. The van der Waals surface area contributed by atoms with Crippen molar-refractivity contribution in [3.05, 3.63) is 12.2 Å². The maximum Gasteiger partial charge on any atom is 0.315 e. The van der Waals surface area contributed by atoms with Crippen LogP contribution in [0.2, 0.25) is 19.6 Å². The van der Waals surface area contributed by atoms with E-state index in [0.29, 0.717) is 0 Å². The van der Waals surface area contributed by atoms with Crippen LogP contribution in [0.4, 0.5) is 0 Å². The predicted molar refractivity (Wildman–Crippen MR) is 73.1 cm³/mol. The minimum Gasteiger partial charge on any atom is -0.518 e. The Bertz CT molecular complexity index is 386. The van der Waals surface area contributed by atoms with E-state index >= 15 is 0 Å². The molecular formula is C12H21NO5Si. The summed E-state index contributed by atoms with van der Waals surface area (Å²) in [5, 5.41) is 11.1. The number of carbonyl (C=O) groups excluding carboxylic acids is 2. The first-order valence-electron chi connectivity index (χ1n) is 5.94. The van der Waals surface area contributed by atoms with Crippen molar-refractivity contribution in [2.24, 2.45) is 0 Å². The minimum absolute atomic E-state index is 0.00231. The summed E-state index contributed by atoms with van der Waals surface area (Å²) in [4.78, 5) is 34.0. The highest BCUT2D eigenvalue weighted by Crippen LogP contribution is 2.08. The molecule has 0 rings (SSSR count). The first kappa shape index (κ1) is 17.4. The Balaban J connectivity index is 4.74. The van der Waals surface area contributed by atoms with Gasteiger partial charge in [-0.15, -0.1) is 0 Å². The molecule has 0 aromatic heterocycles. The number of carboxylic acid groups (broad SMARTS) is 1. The van der Waals surface area contributed by atoms with E-state index in [9.17, 15) is 14.4 Å². The van der Waals surface area contributed by atoms with Crippen molar-refractivity contribution < 1.29 is 23.9 Å². The van der Waals surface area contributed by atoms with Crippen LogP contribution < -0.4 is 5.32 Å². The van der Waals surface area contributed by atoms with Crippen molar-refractivity contribution in [1.82, 2.24) is 5.32 Å². The SMILES string of the molecule is C=C(C)C(=O)N[C@H](CCC(=O)O)C(=O)O[Si](C)(C)C. The average molecular weight is 287 g/mol. The Morgan fingerprint density at radius 2 is 1.84 bits per heavy atom. The topological polar surface area (TPSA) is 92.7 Å². The summed E-state index contributed by atoms with van der Waals surface area (Å²) in [5.41, 5.74) is 0.251. The molecule has 0 bridgehead atoms. The number of aliphatic carboxylic acids is 1. The molecule has 0 aromatic carbocycles. The number of rotatable bonds is 7. The van der Waals surface area contributed by atoms with Crippen LogP contribution in [0.3, 0.4) is 0 Å². The number of carbonyl (C=O) groups is 3. The molecule has 0 radical (unpaired) electrons. The molecule has 19 heavy (non-hydrogen) atoms. The summed E-state index contributed by atoms with van der Waals surface area (Å²) in [5.74, 6) is -2.10. The molecule has 0 aliphatic heterocycles. The monoisotopic (exact) mass is 287 g/mol. The predicted octanol–water partition coefficient (Wildman–Crippen LogP) is 1.29. The fourth-order valence-electron chi connectivity index (χ4n) is 1.17. The number of amides is 1. The normalized spacial score (nSPS) is 12.4. The minimum atomic E-state index is -2.09. The molecule has 0 saturated carbocycles. The standard InChI is InChI=1S/C12H21NO5Si/c1-8(2)11(16)13-9(6-7-10(14)15)12(17)18-19(3,4)5/h9H,1,6-7H2,2-5H3,(H,13,16)(H,14,15)/t9-/m1/s1. The smallest absolute Gasteiger partial charge is 0.315 e. The number of carboxylic acids is 1. The zero-order valence-corrected chi connectivity index (χ0v) is 12.8. The van der Waals surface area contributed by atoms with Crippen LogP contribution in [0.25, 0.3) is 0 Å². The van der Waals surface area contributed by atoms with Crippen LogP contribution in [0.5, 0.6) is 0 Å². The van der Waals surface area contributed by atoms with Crippen molar-refractivity contribution in [2.45, 2.75) is 45.4 Å². The Morgan fingerprint density at radius 3 is 2.21 bits per heavy atom. The second-order valence-electron chi connectivity index (χ2n) is 5.27. The second kappa shape index (κ2) is 7.08. The Hall–Kier alpha value is -1.63. The molecule has 0 unspecified atom stereocenters. The molecule has 2 N–H and O–H groups in total. The van der Waals surface area contributed by atoms with Gasteiger partial charge in [-0.25, -0.2) is 0 Å². The number of hydrogen-bond donors (Lipinski definition) is 2. The van der Waals surface area contributed by atoms with E-state index in [1.165, 1.54) is 6.92 Å². The quantitative estimate of drug-likeness (QED) is 0.543. The van der Waals surface area contributed by atoms with Gasteiger partial charge in [0.05, 0.1) is 0 Å². The molecule has 1 atom stereocenters. The Labute approximate surface area is 114 Å². The molecule has 6 nitrogen and oxygen atoms in total. The van der Waals surface area contributed by atoms with E-state index in [1.807, 2.05) is 19.6 Å². The lowest BCUT2D eigenvalue weighted by Gasteiger charge is -2.23. The Morgan fingerprint density at radius 1 is 1.32 bits per heavy atom. The third kappa shape index (κ3) is 8.14. The average Bonchev–Trinajstić information content (AvgIpc) is 2.20. The molecule has 1 amide bonds. The van der Waals surface area contributed by atoms with Gasteiger partial charge in [-0.05, 0) is 33.0 Å². The largest absolute Gasteiger partial charge is 0.518 e. The van der Waals surface area contributed by atoms with Gasteiger partial charge in [-0.1, -0.05) is 6.58 Å². The van der Waals surface area contributed by atoms with Crippen molar-refractivity contribution in [2.75, 3.05) is 0 Å². The molecule has 0 heterocycles. The highest BCUT2D eigenvalue weighted by atomic mass is 28.4. The lowest BCUT2D eigenvalue weighted by molar-refractivity contribution is -0.141. The lowest BCUT2D eigenvalue weighted by Crippen LogP contribution is -2.45. The molecule has 7 heteroatoms. The zero-order valence-electron chi connectivity index (χ0n) is 11.8. The zero-order chi connectivity index (χ0) is 15.2. The van der Waals surface area contributed by atoms with Crippen molar-refractivity contribution in [3.8, 4) is 0 Å². The number of hydrogen-bond acceptors (Lipinski definition) is 4. The van der Waals surface area contributed by atoms with Crippen LogP contribution >= 0.6 is 0 Å². The van der Waals surface area contributed by atoms with Crippen molar-refractivity contribution in [1.29, 1.82) is 0 Å². The van der Waals surface area contributed by atoms with Gasteiger partial charge in [0.2, 0.25) is 14.2 Å². The van der Waals surface area contributed by atoms with Crippen LogP contribution in [0.15, 0.2) is 12.2 Å². The summed E-state index contributed by atoms with van der Waals surface area (Å²) in [6.07, 6.45) is -0.223. The van der Waals surface area contributed by atoms with Crippen LogP contribution in [0, 0.1) is 0 Å². The molecule has 0 spiro atoms. The van der Waals surface area contributed by atoms with E-state index in [2.05, 4.69) is 11.9 Å². The van der Waals surface area contributed by atoms with Gasteiger partial charge >= 0.3 is 11.9 Å². The van der Waals surface area contributed by atoms with Crippen LogP contribution in [0.1, 0.15) is 19.8 Å². The molecule has 0 aliphatic carbocycles. The first-order chi connectivity index (χ1) is 8.53. The molecule has 0 fully saturated rings. The molecule has 0 aliphatic rings. The maximum atomic E-state index is 11.9. The first-order valence-corrected chi connectivity index (χ1v) is 9.35. The summed E-state index contributed by atoms with van der Waals surface area (Å²) < 4.78 is 5.28. The van der Waals surface area contributed by atoms with Crippen molar-refractivity contribution in [3.63, 3.8) is 0 Å². The van der Waals surface area contributed by atoms with E-state index in [-0.39, 0.29) is 18.4 Å². The highest BCUT2D eigenvalue weighted by Gasteiger charge is 2.28. The lowest BCUT2D eigenvalue weighted by atomic mass is 10.1. The molecular weight excluding hydrogens is 266 g/mol. The van der Waals surface area contributed by atoms with Gasteiger partial charge < -0.3 is 14.8 Å². The maximum absolute atomic E-state index is 11.9. The van der Waals surface area contributed by atoms with Gasteiger partial charge in [0, 0.05) is 12.0 Å². The summed E-state index contributed by atoms with van der Waals surface area (Å²) in [7, 11) is -2.09. The molecule has 0 aromatic rings. The van der Waals surface area contributed by atoms with Gasteiger partial charge in [0.25, 0.3) is 0 Å². The van der Waals surface area contributed by atoms with Gasteiger partial charge in [-0.2, -0.15) is 0 Å². The highest BCUT2D eigenvalue weighted by molar-refractivity contribution is 6.71. The third-order valence-corrected chi connectivity index (χ3v) is 2.84. The third-order valence-electron chi connectivity index (χ3n) is 2.03. The van der Waals surface area contributed by atoms with Crippen LogP contribution in [-0.2, 0) is 18.8 Å². The summed E-state index contributed by atoms with van der Waals surface area (Å²) >= 11 is 0.